The van der Waals surface area contributed by atoms with Crippen LogP contribution in [0.25, 0.3) is 0 Å². The maximum absolute atomic E-state index is 12.1. The lowest BCUT2D eigenvalue weighted by Crippen LogP contribution is -2.39. The van der Waals surface area contributed by atoms with Crippen LogP contribution in [0.1, 0.15) is 28.8 Å². The molecule has 2 heterocycles. The Bertz CT molecular complexity index is 556. The first-order valence-corrected chi connectivity index (χ1v) is 8.90. The van der Waals surface area contributed by atoms with Gasteiger partial charge in [-0.05, 0) is 24.8 Å². The Labute approximate surface area is 126 Å². The number of nitrogens with zero attached hydrogens (tertiary/aromatic N) is 1. The van der Waals surface area contributed by atoms with Crippen molar-refractivity contribution >= 4 is 34.0 Å². The van der Waals surface area contributed by atoms with Gasteiger partial charge in [-0.15, -0.1) is 11.3 Å². The Hall–Kier alpha value is -1.03. The van der Waals surface area contributed by atoms with Gasteiger partial charge in [0.25, 0.3) is 0 Å². The normalized spacial score (nSPS) is 21.2. The summed E-state index contributed by atoms with van der Waals surface area (Å²) in [5.41, 5.74) is 1.86. The zero-order valence-corrected chi connectivity index (χ0v) is 12.8. The van der Waals surface area contributed by atoms with Crippen molar-refractivity contribution < 1.29 is 4.79 Å². The number of amides is 1. The Morgan fingerprint density at radius 3 is 3.15 bits per heavy atom. The fourth-order valence-electron chi connectivity index (χ4n) is 2.76. The van der Waals surface area contributed by atoms with E-state index in [1.807, 2.05) is 11.8 Å². The fourth-order valence-corrected chi connectivity index (χ4v) is 4.97. The maximum Gasteiger partial charge on any atom is 0.226 e. The van der Waals surface area contributed by atoms with Gasteiger partial charge in [0.2, 0.25) is 5.91 Å². The lowest BCUT2D eigenvalue weighted by Gasteiger charge is -2.22. The minimum atomic E-state index is 0.0152. The number of nitriles is 1. The van der Waals surface area contributed by atoms with Crippen molar-refractivity contribution in [3.8, 4) is 6.07 Å². The summed E-state index contributed by atoms with van der Waals surface area (Å²) in [6, 6.07) is 2.52. The van der Waals surface area contributed by atoms with E-state index < -0.39 is 0 Å². The van der Waals surface area contributed by atoms with Crippen LogP contribution < -0.4 is 10.6 Å². The average Bonchev–Trinajstić information content (AvgIpc) is 3.00. The molecule has 0 radical (unpaired) electrons. The highest BCUT2D eigenvalue weighted by Gasteiger charge is 2.24. The molecular weight excluding hydrogens is 290 g/mol. The molecule has 3 rings (SSSR count). The summed E-state index contributed by atoms with van der Waals surface area (Å²) in [4.78, 5) is 13.4. The topological polar surface area (TPSA) is 64.9 Å². The smallest absolute Gasteiger partial charge is 0.226 e. The molecule has 1 aliphatic heterocycles. The third-order valence-corrected chi connectivity index (χ3v) is 6.05. The van der Waals surface area contributed by atoms with Crippen molar-refractivity contribution in [2.45, 2.75) is 31.7 Å². The number of fused-ring (bicyclic) bond motifs is 1. The molecule has 4 nitrogen and oxygen atoms in total. The molecule has 1 aromatic rings. The van der Waals surface area contributed by atoms with E-state index in [9.17, 15) is 10.1 Å². The number of thiophene rings is 1. The van der Waals surface area contributed by atoms with Crippen LogP contribution in [-0.4, -0.2) is 30.0 Å². The van der Waals surface area contributed by atoms with Crippen molar-refractivity contribution in [2.75, 3.05) is 23.4 Å². The third-order valence-electron chi connectivity index (χ3n) is 3.72. The van der Waals surface area contributed by atoms with Crippen LogP contribution in [-0.2, 0) is 17.6 Å². The van der Waals surface area contributed by atoms with E-state index in [-0.39, 0.29) is 11.9 Å². The van der Waals surface area contributed by atoms with E-state index in [2.05, 4.69) is 16.7 Å². The number of hydrogen-bond donors (Lipinski definition) is 2. The standard InChI is InChI=1S/C14H17N3OS2/c15-7-11-10-2-1-3-12(10)20-14(11)17-13(18)6-9-8-19-5-4-16-9/h9,16H,1-6,8H2,(H,17,18). The predicted molar refractivity (Wildman–Crippen MR) is 83.4 cm³/mol. The predicted octanol–water partition coefficient (Wildman–Crippen LogP) is 2.14. The first-order valence-electron chi connectivity index (χ1n) is 6.93. The number of nitrogens with one attached hydrogen (secondary N) is 2. The Morgan fingerprint density at radius 1 is 1.50 bits per heavy atom. The average molecular weight is 307 g/mol. The number of carbonyl (C=O) groups excluding carboxylic acids is 1. The van der Waals surface area contributed by atoms with Gasteiger partial charge in [0.1, 0.15) is 11.1 Å². The van der Waals surface area contributed by atoms with Crippen LogP contribution in [0.5, 0.6) is 0 Å². The number of hydrogen-bond acceptors (Lipinski definition) is 5. The van der Waals surface area contributed by atoms with Gasteiger partial charge >= 0.3 is 0 Å². The molecule has 2 N–H and O–H groups in total. The summed E-state index contributed by atoms with van der Waals surface area (Å²) in [7, 11) is 0. The summed E-state index contributed by atoms with van der Waals surface area (Å²) in [5.74, 6) is 2.12. The van der Waals surface area contributed by atoms with E-state index in [1.54, 1.807) is 11.3 Å². The van der Waals surface area contributed by atoms with E-state index in [0.717, 1.165) is 42.3 Å². The molecule has 0 bridgehead atoms. The summed E-state index contributed by atoms with van der Waals surface area (Å²) < 4.78 is 0. The second kappa shape index (κ2) is 6.17. The van der Waals surface area contributed by atoms with Crippen molar-refractivity contribution in [3.63, 3.8) is 0 Å². The highest BCUT2D eigenvalue weighted by molar-refractivity contribution is 7.99. The molecule has 0 aromatic carbocycles. The molecule has 1 atom stereocenters. The zero-order valence-electron chi connectivity index (χ0n) is 11.2. The van der Waals surface area contributed by atoms with Gasteiger partial charge in [-0.2, -0.15) is 17.0 Å². The largest absolute Gasteiger partial charge is 0.317 e. The van der Waals surface area contributed by atoms with Crippen LogP contribution in [0.2, 0.25) is 0 Å². The Morgan fingerprint density at radius 2 is 2.40 bits per heavy atom. The number of anilines is 1. The van der Waals surface area contributed by atoms with Crippen LogP contribution in [0.4, 0.5) is 5.00 Å². The van der Waals surface area contributed by atoms with E-state index in [1.165, 1.54) is 10.4 Å². The Balaban J connectivity index is 1.65. The van der Waals surface area contributed by atoms with Gasteiger partial charge in [-0.25, -0.2) is 0 Å². The van der Waals surface area contributed by atoms with Crippen LogP contribution in [0.3, 0.4) is 0 Å². The lowest BCUT2D eigenvalue weighted by molar-refractivity contribution is -0.116. The molecule has 0 spiro atoms. The van der Waals surface area contributed by atoms with Crippen molar-refractivity contribution in [1.82, 2.24) is 5.32 Å². The Kier molecular flexibility index (Phi) is 4.29. The number of carbonyl (C=O) groups is 1. The molecule has 106 valence electrons. The minimum absolute atomic E-state index is 0.0152. The van der Waals surface area contributed by atoms with Crippen molar-refractivity contribution in [3.05, 3.63) is 16.0 Å². The van der Waals surface area contributed by atoms with E-state index in [0.29, 0.717) is 12.0 Å². The molecule has 2 aliphatic rings. The van der Waals surface area contributed by atoms with Crippen molar-refractivity contribution in [1.29, 1.82) is 5.26 Å². The molecule has 20 heavy (non-hydrogen) atoms. The van der Waals surface area contributed by atoms with Gasteiger partial charge in [0, 0.05) is 35.4 Å². The number of thioether (sulfide) groups is 1. The third kappa shape index (κ3) is 2.85. The zero-order chi connectivity index (χ0) is 13.9. The monoisotopic (exact) mass is 307 g/mol. The highest BCUT2D eigenvalue weighted by Crippen LogP contribution is 2.38. The maximum atomic E-state index is 12.1. The summed E-state index contributed by atoms with van der Waals surface area (Å²) in [5, 5.41) is 16.4. The van der Waals surface area contributed by atoms with Gasteiger partial charge < -0.3 is 10.6 Å². The van der Waals surface area contributed by atoms with Crippen LogP contribution in [0.15, 0.2) is 0 Å². The number of aryl methyl sites for hydroxylation is 1. The quantitative estimate of drug-likeness (QED) is 0.898. The van der Waals surface area contributed by atoms with Gasteiger partial charge in [0.15, 0.2) is 0 Å². The second-order valence-electron chi connectivity index (χ2n) is 5.15. The second-order valence-corrected chi connectivity index (χ2v) is 7.41. The molecule has 1 aromatic heterocycles. The minimum Gasteiger partial charge on any atom is -0.317 e. The highest BCUT2D eigenvalue weighted by atomic mass is 32.2. The van der Waals surface area contributed by atoms with Gasteiger partial charge in [-0.3, -0.25) is 4.79 Å². The molecule has 1 saturated heterocycles. The summed E-state index contributed by atoms with van der Waals surface area (Å²) >= 11 is 3.47. The van der Waals surface area contributed by atoms with Crippen LogP contribution >= 0.6 is 23.1 Å². The van der Waals surface area contributed by atoms with E-state index >= 15 is 0 Å². The van der Waals surface area contributed by atoms with Gasteiger partial charge in [0.05, 0.1) is 5.56 Å². The first-order chi connectivity index (χ1) is 9.78. The van der Waals surface area contributed by atoms with E-state index in [4.69, 9.17) is 0 Å². The fraction of sp³-hybridized carbons (Fsp3) is 0.571. The van der Waals surface area contributed by atoms with Crippen molar-refractivity contribution in [2.24, 2.45) is 0 Å². The molecule has 6 heteroatoms. The molecule has 1 aliphatic carbocycles. The van der Waals surface area contributed by atoms with Crippen LogP contribution in [0, 0.1) is 11.3 Å². The van der Waals surface area contributed by atoms with Gasteiger partial charge in [-0.1, -0.05) is 0 Å². The molecule has 1 fully saturated rings. The molecule has 1 unspecified atom stereocenters. The summed E-state index contributed by atoms with van der Waals surface area (Å²) in [6.07, 6.45) is 3.64. The SMILES string of the molecule is N#Cc1c(NC(=O)CC2CSCCN2)sc2c1CCC2. The lowest BCUT2D eigenvalue weighted by atomic mass is 10.1. The summed E-state index contributed by atoms with van der Waals surface area (Å²) in [6.45, 7) is 0.972. The molecule has 1 amide bonds. The number of rotatable bonds is 3. The molecular formula is C14H17N3OS2. The first kappa shape index (κ1) is 13.9. The molecule has 0 saturated carbocycles.